The molecule has 1 heterocycles. The Bertz CT molecular complexity index is 626. The highest BCUT2D eigenvalue weighted by molar-refractivity contribution is 5.98. The maximum Gasteiger partial charge on any atom is 0.340 e. The number of benzene rings is 1. The lowest BCUT2D eigenvalue weighted by atomic mass is 10.1. The molecule has 0 saturated heterocycles. The van der Waals surface area contributed by atoms with Crippen molar-refractivity contribution in [2.24, 2.45) is 0 Å². The second-order valence-electron chi connectivity index (χ2n) is 4.38. The van der Waals surface area contributed by atoms with Gasteiger partial charge in [-0.15, -0.1) is 0 Å². The third-order valence-electron chi connectivity index (χ3n) is 3.08. The Morgan fingerprint density at radius 3 is 2.85 bits per heavy atom. The molecule has 104 valence electrons. The van der Waals surface area contributed by atoms with Crippen LogP contribution in [0.1, 0.15) is 21.6 Å². The monoisotopic (exact) mass is 271 g/mol. The van der Waals surface area contributed by atoms with Crippen LogP contribution in [0.15, 0.2) is 36.5 Å². The molecule has 2 rings (SSSR count). The molecule has 0 bridgehead atoms. The first-order chi connectivity index (χ1) is 9.63. The van der Waals surface area contributed by atoms with E-state index in [0.717, 1.165) is 11.3 Å². The number of carbonyl (C=O) groups excluding carboxylic acids is 1. The summed E-state index contributed by atoms with van der Waals surface area (Å²) < 4.78 is 4.69. The van der Waals surface area contributed by atoms with Crippen molar-refractivity contribution in [3.05, 3.63) is 53.3 Å². The molecular formula is C15H17N3O2. The van der Waals surface area contributed by atoms with Crippen LogP contribution in [-0.4, -0.2) is 18.1 Å². The number of para-hydroxylation sites is 1. The number of ether oxygens (including phenoxy) is 1. The largest absolute Gasteiger partial charge is 0.465 e. The van der Waals surface area contributed by atoms with E-state index in [9.17, 15) is 4.79 Å². The molecule has 5 nitrogen and oxygen atoms in total. The molecule has 0 atom stereocenters. The highest BCUT2D eigenvalue weighted by Crippen LogP contribution is 2.24. The van der Waals surface area contributed by atoms with Crippen LogP contribution in [0.4, 0.5) is 11.4 Å². The number of hydrogen-bond donors (Lipinski definition) is 2. The number of esters is 1. The molecule has 0 aliphatic carbocycles. The van der Waals surface area contributed by atoms with Crippen LogP contribution in [0.3, 0.4) is 0 Å². The van der Waals surface area contributed by atoms with E-state index in [0.29, 0.717) is 23.5 Å². The number of nitrogens with two attached hydrogens (primary N) is 1. The minimum atomic E-state index is -0.444. The zero-order valence-electron chi connectivity index (χ0n) is 11.5. The van der Waals surface area contributed by atoms with E-state index < -0.39 is 5.97 Å². The fourth-order valence-corrected chi connectivity index (χ4v) is 1.89. The molecule has 1 aromatic heterocycles. The zero-order valence-corrected chi connectivity index (χ0v) is 11.5. The van der Waals surface area contributed by atoms with Gasteiger partial charge in [0.2, 0.25) is 0 Å². The number of aryl methyl sites for hydroxylation is 1. The number of aromatic nitrogens is 1. The van der Waals surface area contributed by atoms with E-state index in [1.54, 1.807) is 18.3 Å². The Morgan fingerprint density at radius 2 is 2.15 bits per heavy atom. The maximum atomic E-state index is 11.6. The van der Waals surface area contributed by atoms with Gasteiger partial charge >= 0.3 is 5.97 Å². The number of anilines is 2. The lowest BCUT2D eigenvalue weighted by Crippen LogP contribution is -2.10. The van der Waals surface area contributed by atoms with Crippen molar-refractivity contribution in [3.8, 4) is 0 Å². The quantitative estimate of drug-likeness (QED) is 0.659. The third-order valence-corrected chi connectivity index (χ3v) is 3.08. The van der Waals surface area contributed by atoms with E-state index >= 15 is 0 Å². The molecule has 20 heavy (non-hydrogen) atoms. The Balaban J connectivity index is 2.18. The molecule has 2 aromatic rings. The predicted octanol–water partition coefficient (Wildman–Crippen LogP) is 2.37. The Hall–Kier alpha value is -2.56. The molecule has 0 unspecified atom stereocenters. The normalized spacial score (nSPS) is 10.1. The van der Waals surface area contributed by atoms with Gasteiger partial charge in [0, 0.05) is 6.20 Å². The number of methoxy groups -OCH3 is 1. The van der Waals surface area contributed by atoms with Gasteiger partial charge in [-0.1, -0.05) is 12.1 Å². The van der Waals surface area contributed by atoms with Crippen molar-refractivity contribution in [3.63, 3.8) is 0 Å². The first kappa shape index (κ1) is 13.9. The van der Waals surface area contributed by atoms with Crippen LogP contribution in [0, 0.1) is 6.92 Å². The minimum absolute atomic E-state index is 0.357. The molecule has 0 spiro atoms. The summed E-state index contributed by atoms with van der Waals surface area (Å²) in [6.45, 7) is 2.54. The molecule has 0 aliphatic heterocycles. The lowest BCUT2D eigenvalue weighted by molar-refractivity contribution is 0.0602. The summed E-state index contributed by atoms with van der Waals surface area (Å²) in [6.07, 6.45) is 1.75. The van der Waals surface area contributed by atoms with Gasteiger partial charge in [-0.3, -0.25) is 4.98 Å². The van der Waals surface area contributed by atoms with Gasteiger partial charge in [-0.05, 0) is 30.7 Å². The van der Waals surface area contributed by atoms with Crippen molar-refractivity contribution in [1.29, 1.82) is 0 Å². The number of nitrogens with one attached hydrogen (secondary N) is 1. The van der Waals surface area contributed by atoms with E-state index in [-0.39, 0.29) is 0 Å². The van der Waals surface area contributed by atoms with Gasteiger partial charge in [0.05, 0.1) is 36.3 Å². The molecule has 0 radical (unpaired) electrons. The van der Waals surface area contributed by atoms with Crippen LogP contribution in [0.2, 0.25) is 0 Å². The Kier molecular flexibility index (Phi) is 4.20. The fraction of sp³-hybridized carbons (Fsp3) is 0.200. The average molecular weight is 271 g/mol. The van der Waals surface area contributed by atoms with E-state index in [1.807, 2.05) is 25.1 Å². The summed E-state index contributed by atoms with van der Waals surface area (Å²) in [7, 11) is 1.33. The number of nitrogen functional groups attached to an aromatic ring is 1. The third kappa shape index (κ3) is 2.88. The van der Waals surface area contributed by atoms with Gasteiger partial charge in [0.1, 0.15) is 0 Å². The van der Waals surface area contributed by atoms with Gasteiger partial charge in [-0.2, -0.15) is 0 Å². The smallest absolute Gasteiger partial charge is 0.340 e. The van der Waals surface area contributed by atoms with Crippen molar-refractivity contribution >= 4 is 17.3 Å². The molecule has 0 fully saturated rings. The molecule has 5 heteroatoms. The van der Waals surface area contributed by atoms with Crippen LogP contribution in [-0.2, 0) is 11.3 Å². The second kappa shape index (κ2) is 6.06. The molecule has 0 amide bonds. The summed E-state index contributed by atoms with van der Waals surface area (Å²) in [5.74, 6) is -0.444. The van der Waals surface area contributed by atoms with Crippen molar-refractivity contribution in [2.75, 3.05) is 18.2 Å². The number of pyridine rings is 1. The first-order valence-electron chi connectivity index (χ1n) is 6.24. The summed E-state index contributed by atoms with van der Waals surface area (Å²) in [4.78, 5) is 15.9. The lowest BCUT2D eigenvalue weighted by Gasteiger charge is -2.12. The summed E-state index contributed by atoms with van der Waals surface area (Å²) in [5.41, 5.74) is 9.45. The number of nitrogens with zero attached hydrogens (tertiary/aromatic N) is 1. The highest BCUT2D eigenvalue weighted by atomic mass is 16.5. The van der Waals surface area contributed by atoms with E-state index in [4.69, 9.17) is 10.5 Å². The summed E-state index contributed by atoms with van der Waals surface area (Å²) in [6, 6.07) is 9.11. The van der Waals surface area contributed by atoms with Crippen LogP contribution in [0.5, 0.6) is 0 Å². The van der Waals surface area contributed by atoms with Gasteiger partial charge < -0.3 is 15.8 Å². The first-order valence-corrected chi connectivity index (χ1v) is 6.24. The summed E-state index contributed by atoms with van der Waals surface area (Å²) in [5, 5.41) is 3.19. The average Bonchev–Trinajstić information content (AvgIpc) is 2.47. The minimum Gasteiger partial charge on any atom is -0.465 e. The van der Waals surface area contributed by atoms with Crippen molar-refractivity contribution in [1.82, 2.24) is 4.98 Å². The molecule has 3 N–H and O–H groups in total. The highest BCUT2D eigenvalue weighted by Gasteiger charge is 2.12. The zero-order chi connectivity index (χ0) is 14.5. The second-order valence-corrected chi connectivity index (χ2v) is 4.38. The Morgan fingerprint density at radius 1 is 1.35 bits per heavy atom. The SMILES string of the molecule is COC(=O)c1cccc(NCc2ncccc2C)c1N. The number of rotatable bonds is 4. The van der Waals surface area contributed by atoms with Crippen LogP contribution in [0.25, 0.3) is 0 Å². The Labute approximate surface area is 117 Å². The van der Waals surface area contributed by atoms with Crippen molar-refractivity contribution in [2.45, 2.75) is 13.5 Å². The molecule has 0 aliphatic rings. The van der Waals surface area contributed by atoms with Crippen molar-refractivity contribution < 1.29 is 9.53 Å². The van der Waals surface area contributed by atoms with E-state index in [1.165, 1.54) is 7.11 Å². The number of hydrogen-bond acceptors (Lipinski definition) is 5. The maximum absolute atomic E-state index is 11.6. The summed E-state index contributed by atoms with van der Waals surface area (Å²) >= 11 is 0. The van der Waals surface area contributed by atoms with Crippen LogP contribution < -0.4 is 11.1 Å². The van der Waals surface area contributed by atoms with Gasteiger partial charge in [0.25, 0.3) is 0 Å². The standard InChI is InChI=1S/C15H17N3O2/c1-10-5-4-8-17-13(10)9-18-12-7-3-6-11(14(12)16)15(19)20-2/h3-8,18H,9,16H2,1-2H3. The fourth-order valence-electron chi connectivity index (χ4n) is 1.89. The van der Waals surface area contributed by atoms with Gasteiger partial charge in [0.15, 0.2) is 0 Å². The van der Waals surface area contributed by atoms with Gasteiger partial charge in [-0.25, -0.2) is 4.79 Å². The molecular weight excluding hydrogens is 254 g/mol. The molecule has 0 saturated carbocycles. The predicted molar refractivity (Wildman–Crippen MR) is 78.5 cm³/mol. The van der Waals surface area contributed by atoms with E-state index in [2.05, 4.69) is 10.3 Å². The topological polar surface area (TPSA) is 77.2 Å². The number of carbonyl (C=O) groups is 1. The van der Waals surface area contributed by atoms with Crippen LogP contribution >= 0.6 is 0 Å². The molecule has 1 aromatic carbocycles.